The van der Waals surface area contributed by atoms with Crippen molar-refractivity contribution >= 4 is 0 Å². The number of rotatable bonds is 6. The first-order valence-electron chi connectivity index (χ1n) is 7.69. The lowest BCUT2D eigenvalue weighted by atomic mass is 9.86. The van der Waals surface area contributed by atoms with Gasteiger partial charge in [-0.05, 0) is 47.9 Å². The standard InChI is InChI=1S/C17H27NO2/c1-5-7-19-15-9-12-13(10-16(15)20-8-6-2)17(3,4)11-14(12)18/h9-10,14H,5-8,11,18H2,1-4H3/t14-/m1/s1. The number of hydrogen-bond donors (Lipinski definition) is 1. The van der Waals surface area contributed by atoms with Crippen LogP contribution in [0.25, 0.3) is 0 Å². The third-order valence-electron chi connectivity index (χ3n) is 3.90. The molecule has 1 aliphatic rings. The van der Waals surface area contributed by atoms with Gasteiger partial charge in [0.1, 0.15) is 0 Å². The van der Waals surface area contributed by atoms with E-state index in [1.54, 1.807) is 0 Å². The molecule has 0 spiro atoms. The summed E-state index contributed by atoms with van der Waals surface area (Å²) in [6.45, 7) is 10.1. The summed E-state index contributed by atoms with van der Waals surface area (Å²) in [5.74, 6) is 1.70. The maximum Gasteiger partial charge on any atom is 0.161 e. The van der Waals surface area contributed by atoms with Crippen molar-refractivity contribution in [2.24, 2.45) is 5.73 Å². The largest absolute Gasteiger partial charge is 0.490 e. The molecule has 0 fully saturated rings. The van der Waals surface area contributed by atoms with Gasteiger partial charge >= 0.3 is 0 Å². The molecule has 0 aromatic heterocycles. The van der Waals surface area contributed by atoms with Crippen LogP contribution in [0.4, 0.5) is 0 Å². The Balaban J connectivity index is 2.38. The van der Waals surface area contributed by atoms with Crippen molar-refractivity contribution in [2.45, 2.75) is 58.4 Å². The molecule has 0 unspecified atom stereocenters. The molecular weight excluding hydrogens is 250 g/mol. The van der Waals surface area contributed by atoms with Gasteiger partial charge in [-0.1, -0.05) is 27.7 Å². The Kier molecular flexibility index (Phi) is 4.59. The minimum atomic E-state index is 0.101. The minimum absolute atomic E-state index is 0.101. The quantitative estimate of drug-likeness (QED) is 0.856. The van der Waals surface area contributed by atoms with Crippen LogP contribution >= 0.6 is 0 Å². The molecule has 1 aromatic rings. The highest BCUT2D eigenvalue weighted by molar-refractivity contribution is 5.53. The lowest BCUT2D eigenvalue weighted by Crippen LogP contribution is -2.14. The Morgan fingerprint density at radius 2 is 1.65 bits per heavy atom. The van der Waals surface area contributed by atoms with Crippen molar-refractivity contribution in [3.63, 3.8) is 0 Å². The maximum absolute atomic E-state index is 6.27. The van der Waals surface area contributed by atoms with Gasteiger partial charge in [0.05, 0.1) is 13.2 Å². The van der Waals surface area contributed by atoms with E-state index in [9.17, 15) is 0 Å². The number of nitrogens with two attached hydrogens (primary N) is 1. The number of hydrogen-bond acceptors (Lipinski definition) is 3. The molecule has 3 heteroatoms. The van der Waals surface area contributed by atoms with E-state index < -0.39 is 0 Å². The van der Waals surface area contributed by atoms with E-state index in [-0.39, 0.29) is 11.5 Å². The van der Waals surface area contributed by atoms with Crippen LogP contribution in [0, 0.1) is 0 Å². The van der Waals surface area contributed by atoms with Gasteiger partial charge in [0, 0.05) is 6.04 Å². The topological polar surface area (TPSA) is 44.5 Å². The lowest BCUT2D eigenvalue weighted by Gasteiger charge is -2.21. The molecule has 0 saturated heterocycles. The maximum atomic E-state index is 6.27. The molecule has 0 bridgehead atoms. The van der Waals surface area contributed by atoms with Crippen LogP contribution in [0.1, 0.15) is 64.1 Å². The smallest absolute Gasteiger partial charge is 0.161 e. The van der Waals surface area contributed by atoms with E-state index in [1.165, 1.54) is 11.1 Å². The zero-order valence-corrected chi connectivity index (χ0v) is 13.2. The molecule has 0 aliphatic heterocycles. The number of fused-ring (bicyclic) bond motifs is 1. The van der Waals surface area contributed by atoms with Crippen LogP contribution in [0.2, 0.25) is 0 Å². The summed E-state index contributed by atoms with van der Waals surface area (Å²) < 4.78 is 11.7. The second-order valence-corrected chi connectivity index (χ2v) is 6.28. The summed E-state index contributed by atoms with van der Waals surface area (Å²) in [6, 6.07) is 4.34. The average Bonchev–Trinajstić information content (AvgIpc) is 2.63. The first-order chi connectivity index (χ1) is 9.49. The molecule has 112 valence electrons. The predicted molar refractivity (Wildman–Crippen MR) is 82.6 cm³/mol. The molecule has 2 rings (SSSR count). The normalized spacial score (nSPS) is 19.8. The fourth-order valence-corrected chi connectivity index (χ4v) is 2.89. The van der Waals surface area contributed by atoms with Gasteiger partial charge in [-0.2, -0.15) is 0 Å². The van der Waals surface area contributed by atoms with Gasteiger partial charge in [0.2, 0.25) is 0 Å². The summed E-state index contributed by atoms with van der Waals surface area (Å²) >= 11 is 0. The van der Waals surface area contributed by atoms with Crippen LogP contribution in [0.5, 0.6) is 11.5 Å². The Bertz CT molecular complexity index is 468. The van der Waals surface area contributed by atoms with Gasteiger partial charge in [0.25, 0.3) is 0 Å². The van der Waals surface area contributed by atoms with Crippen LogP contribution < -0.4 is 15.2 Å². The highest BCUT2D eigenvalue weighted by atomic mass is 16.5. The summed E-state index contributed by atoms with van der Waals surface area (Å²) in [5.41, 5.74) is 8.91. The summed E-state index contributed by atoms with van der Waals surface area (Å²) in [6.07, 6.45) is 2.96. The summed E-state index contributed by atoms with van der Waals surface area (Å²) in [7, 11) is 0. The molecular formula is C17H27NO2. The molecule has 2 N–H and O–H groups in total. The lowest BCUT2D eigenvalue weighted by molar-refractivity contribution is 0.267. The Morgan fingerprint density at radius 3 is 2.20 bits per heavy atom. The monoisotopic (exact) mass is 277 g/mol. The third-order valence-corrected chi connectivity index (χ3v) is 3.90. The van der Waals surface area contributed by atoms with E-state index >= 15 is 0 Å². The number of ether oxygens (including phenoxy) is 2. The van der Waals surface area contributed by atoms with Crippen LogP contribution in [0.15, 0.2) is 12.1 Å². The van der Waals surface area contributed by atoms with Crippen molar-refractivity contribution in [1.82, 2.24) is 0 Å². The van der Waals surface area contributed by atoms with E-state index in [2.05, 4.69) is 39.8 Å². The second kappa shape index (κ2) is 6.04. The SMILES string of the molecule is CCCOc1cc2c(cc1OCCC)C(C)(C)C[C@H]2N. The van der Waals surface area contributed by atoms with Crippen LogP contribution in [0.3, 0.4) is 0 Å². The average molecular weight is 277 g/mol. The van der Waals surface area contributed by atoms with Gasteiger partial charge in [0.15, 0.2) is 11.5 Å². The van der Waals surface area contributed by atoms with E-state index in [0.717, 1.165) is 30.8 Å². The fraction of sp³-hybridized carbons (Fsp3) is 0.647. The van der Waals surface area contributed by atoms with E-state index in [1.807, 2.05) is 0 Å². The van der Waals surface area contributed by atoms with Crippen molar-refractivity contribution in [3.8, 4) is 11.5 Å². The molecule has 0 heterocycles. The van der Waals surface area contributed by atoms with E-state index in [0.29, 0.717) is 13.2 Å². The molecule has 1 aromatic carbocycles. The van der Waals surface area contributed by atoms with Crippen molar-refractivity contribution in [3.05, 3.63) is 23.3 Å². The second-order valence-electron chi connectivity index (χ2n) is 6.28. The molecule has 0 saturated carbocycles. The fourth-order valence-electron chi connectivity index (χ4n) is 2.89. The molecule has 20 heavy (non-hydrogen) atoms. The van der Waals surface area contributed by atoms with Crippen LogP contribution in [-0.4, -0.2) is 13.2 Å². The van der Waals surface area contributed by atoms with Crippen molar-refractivity contribution in [2.75, 3.05) is 13.2 Å². The summed E-state index contributed by atoms with van der Waals surface area (Å²) in [5, 5.41) is 0. The first kappa shape index (κ1) is 15.2. The number of benzene rings is 1. The molecule has 0 amide bonds. The van der Waals surface area contributed by atoms with Gasteiger partial charge in [-0.3, -0.25) is 0 Å². The van der Waals surface area contributed by atoms with Crippen molar-refractivity contribution < 1.29 is 9.47 Å². The van der Waals surface area contributed by atoms with Gasteiger partial charge < -0.3 is 15.2 Å². The molecule has 1 aliphatic carbocycles. The highest BCUT2D eigenvalue weighted by Crippen LogP contribution is 2.47. The van der Waals surface area contributed by atoms with Crippen molar-refractivity contribution in [1.29, 1.82) is 0 Å². The third kappa shape index (κ3) is 2.93. The van der Waals surface area contributed by atoms with Gasteiger partial charge in [-0.25, -0.2) is 0 Å². The predicted octanol–water partition coefficient (Wildman–Crippen LogP) is 3.95. The van der Waals surface area contributed by atoms with Crippen LogP contribution in [-0.2, 0) is 5.41 Å². The Labute approximate surface area is 122 Å². The van der Waals surface area contributed by atoms with Gasteiger partial charge in [-0.15, -0.1) is 0 Å². The van der Waals surface area contributed by atoms with E-state index in [4.69, 9.17) is 15.2 Å². The highest BCUT2D eigenvalue weighted by Gasteiger charge is 2.36. The zero-order chi connectivity index (χ0) is 14.8. The molecule has 3 nitrogen and oxygen atoms in total. The summed E-state index contributed by atoms with van der Waals surface area (Å²) in [4.78, 5) is 0. The minimum Gasteiger partial charge on any atom is -0.490 e. The molecule has 1 atom stereocenters. The molecule has 0 radical (unpaired) electrons. The zero-order valence-electron chi connectivity index (χ0n) is 13.2. The Hall–Kier alpha value is -1.22. The Morgan fingerprint density at radius 1 is 1.10 bits per heavy atom. The first-order valence-corrected chi connectivity index (χ1v) is 7.69.